The van der Waals surface area contributed by atoms with E-state index < -0.39 is 5.97 Å². The van der Waals surface area contributed by atoms with Gasteiger partial charge < -0.3 is 10.0 Å². The number of fused-ring (bicyclic) bond motifs is 2. The van der Waals surface area contributed by atoms with Crippen molar-refractivity contribution in [2.24, 2.45) is 5.92 Å². The quantitative estimate of drug-likeness (QED) is 0.219. The molecule has 0 radical (unpaired) electrons. The lowest BCUT2D eigenvalue weighted by Crippen LogP contribution is -2.33. The summed E-state index contributed by atoms with van der Waals surface area (Å²) >= 11 is 1.33. The number of thiazole rings is 1. The van der Waals surface area contributed by atoms with Gasteiger partial charge in [0.05, 0.1) is 6.20 Å². The number of rotatable bonds is 7. The number of anilines is 2. The Bertz CT molecular complexity index is 1840. The zero-order chi connectivity index (χ0) is 30.2. The van der Waals surface area contributed by atoms with Gasteiger partial charge in [-0.2, -0.15) is 5.10 Å². The van der Waals surface area contributed by atoms with E-state index in [-0.39, 0.29) is 11.6 Å². The molecule has 1 aliphatic heterocycles. The Balaban J connectivity index is 1.14. The standard InChI is InChI=1S/C33H33N7O3S/c1-20-25(17-35-40(20)18-21-7-3-2-4-8-21)23-12-13-28(37-29(23)32(42)43)39-16-14-22-9-5-10-24(26(22)19-39)30(41)38-33-36-27-11-6-15-34-31(27)44-33/h5-6,9-13,15,17,21H,2-4,7-8,14,16,18-19H2,1H3,(H,42,43)(H,36,38,41). The van der Waals surface area contributed by atoms with E-state index in [1.165, 1.54) is 43.4 Å². The molecule has 1 aromatic carbocycles. The van der Waals surface area contributed by atoms with E-state index in [9.17, 15) is 14.7 Å². The number of hydrogen-bond acceptors (Lipinski definition) is 8. The van der Waals surface area contributed by atoms with Gasteiger partial charge in [0.25, 0.3) is 5.91 Å². The van der Waals surface area contributed by atoms with Crippen LogP contribution in [-0.2, 0) is 19.5 Å². The van der Waals surface area contributed by atoms with Crippen molar-refractivity contribution < 1.29 is 14.7 Å². The zero-order valence-corrected chi connectivity index (χ0v) is 25.3. The molecule has 0 atom stereocenters. The summed E-state index contributed by atoms with van der Waals surface area (Å²) in [7, 11) is 0. The van der Waals surface area contributed by atoms with Gasteiger partial charge in [-0.25, -0.2) is 19.7 Å². The molecular formula is C33H33N7O3S. The molecule has 0 spiro atoms. The summed E-state index contributed by atoms with van der Waals surface area (Å²) in [5, 5.41) is 18.3. The molecule has 0 bridgehead atoms. The monoisotopic (exact) mass is 607 g/mol. The Morgan fingerprint density at radius 1 is 1.05 bits per heavy atom. The minimum Gasteiger partial charge on any atom is -0.476 e. The fourth-order valence-electron chi connectivity index (χ4n) is 6.49. The van der Waals surface area contributed by atoms with Crippen LogP contribution in [-0.4, -0.2) is 48.3 Å². The molecule has 5 heterocycles. The lowest BCUT2D eigenvalue weighted by molar-refractivity contribution is 0.0691. The maximum Gasteiger partial charge on any atom is 0.355 e. The highest BCUT2D eigenvalue weighted by Crippen LogP contribution is 2.33. The number of aromatic nitrogens is 5. The van der Waals surface area contributed by atoms with Crippen molar-refractivity contribution in [1.82, 2.24) is 24.7 Å². The van der Waals surface area contributed by atoms with E-state index in [1.807, 2.05) is 59.0 Å². The molecule has 4 aromatic heterocycles. The second-order valence-corrected chi connectivity index (χ2v) is 12.6. The molecule has 0 unspecified atom stereocenters. The van der Waals surface area contributed by atoms with Crippen LogP contribution in [0.5, 0.6) is 0 Å². The van der Waals surface area contributed by atoms with Crippen LogP contribution in [0.2, 0.25) is 0 Å². The van der Waals surface area contributed by atoms with Crippen molar-refractivity contribution in [2.45, 2.75) is 58.5 Å². The fraction of sp³-hybridized carbons (Fsp3) is 0.333. The summed E-state index contributed by atoms with van der Waals surface area (Å²) in [5.41, 5.74) is 5.62. The van der Waals surface area contributed by atoms with Crippen LogP contribution in [0.1, 0.15) is 69.8 Å². The number of nitrogens with one attached hydrogen (secondary N) is 1. The molecule has 1 fully saturated rings. The number of benzene rings is 1. The average molecular weight is 608 g/mol. The molecule has 10 nitrogen and oxygen atoms in total. The third-order valence-corrected chi connectivity index (χ3v) is 9.76. The Morgan fingerprint density at radius 2 is 1.91 bits per heavy atom. The number of amides is 1. The normalized spacial score (nSPS) is 15.3. The van der Waals surface area contributed by atoms with Gasteiger partial charge in [-0.05, 0) is 73.6 Å². The van der Waals surface area contributed by atoms with Gasteiger partial charge in [0.15, 0.2) is 10.8 Å². The number of hydrogen-bond donors (Lipinski definition) is 2. The summed E-state index contributed by atoms with van der Waals surface area (Å²) < 4.78 is 2.02. The summed E-state index contributed by atoms with van der Waals surface area (Å²) in [4.78, 5) is 42.2. The van der Waals surface area contributed by atoms with Crippen LogP contribution in [0.15, 0.2) is 54.9 Å². The highest BCUT2D eigenvalue weighted by atomic mass is 32.1. The summed E-state index contributed by atoms with van der Waals surface area (Å²) in [6, 6.07) is 13.2. The lowest BCUT2D eigenvalue weighted by atomic mass is 9.89. The molecule has 1 aliphatic carbocycles. The molecule has 44 heavy (non-hydrogen) atoms. The predicted octanol–water partition coefficient (Wildman–Crippen LogP) is 6.35. The second-order valence-electron chi connectivity index (χ2n) is 11.6. The minimum atomic E-state index is -1.08. The Kier molecular flexibility index (Phi) is 7.55. The van der Waals surface area contributed by atoms with Gasteiger partial charge in [-0.15, -0.1) is 0 Å². The third kappa shape index (κ3) is 5.43. The molecule has 1 saturated carbocycles. The smallest absolute Gasteiger partial charge is 0.355 e. The molecule has 1 amide bonds. The van der Waals surface area contributed by atoms with Crippen molar-refractivity contribution in [3.8, 4) is 11.1 Å². The number of carbonyl (C=O) groups excluding carboxylic acids is 1. The second kappa shape index (κ2) is 11.8. The molecule has 7 rings (SSSR count). The van der Waals surface area contributed by atoms with Crippen LogP contribution in [0.4, 0.5) is 10.9 Å². The summed E-state index contributed by atoms with van der Waals surface area (Å²) in [6.07, 6.45) is 10.4. The highest BCUT2D eigenvalue weighted by molar-refractivity contribution is 7.21. The van der Waals surface area contributed by atoms with E-state index >= 15 is 0 Å². The topological polar surface area (TPSA) is 126 Å². The Hall–Kier alpha value is -4.64. The van der Waals surface area contributed by atoms with Gasteiger partial charge in [0.2, 0.25) is 0 Å². The average Bonchev–Trinajstić information content (AvgIpc) is 3.62. The summed E-state index contributed by atoms with van der Waals surface area (Å²) in [6.45, 7) is 3.96. The van der Waals surface area contributed by atoms with Gasteiger partial charge >= 0.3 is 5.97 Å². The Labute approximate surface area is 258 Å². The molecule has 11 heteroatoms. The fourth-order valence-corrected chi connectivity index (χ4v) is 7.29. The van der Waals surface area contributed by atoms with Crippen molar-refractivity contribution in [2.75, 3.05) is 16.8 Å². The van der Waals surface area contributed by atoms with Crippen LogP contribution in [0.25, 0.3) is 21.5 Å². The predicted molar refractivity (Wildman–Crippen MR) is 170 cm³/mol. The number of carboxylic acids is 1. The number of carbonyl (C=O) groups is 2. The maximum absolute atomic E-state index is 13.4. The van der Waals surface area contributed by atoms with E-state index in [4.69, 9.17) is 0 Å². The van der Waals surface area contributed by atoms with Gasteiger partial charge in [-0.3, -0.25) is 14.8 Å². The van der Waals surface area contributed by atoms with E-state index in [0.717, 1.165) is 39.3 Å². The molecular weight excluding hydrogens is 574 g/mol. The van der Waals surface area contributed by atoms with Gasteiger partial charge in [0, 0.05) is 48.2 Å². The third-order valence-electron chi connectivity index (χ3n) is 8.86. The van der Waals surface area contributed by atoms with Gasteiger partial charge in [-0.1, -0.05) is 42.7 Å². The van der Waals surface area contributed by atoms with E-state index in [0.29, 0.717) is 47.5 Å². The minimum absolute atomic E-state index is 0.00378. The molecule has 2 N–H and O–H groups in total. The first-order chi connectivity index (χ1) is 21.4. The van der Waals surface area contributed by atoms with Crippen molar-refractivity contribution in [3.63, 3.8) is 0 Å². The first kappa shape index (κ1) is 28.1. The largest absolute Gasteiger partial charge is 0.476 e. The van der Waals surface area contributed by atoms with Crippen molar-refractivity contribution in [3.05, 3.63) is 82.9 Å². The number of carboxylic acid groups (broad SMARTS) is 1. The molecule has 224 valence electrons. The first-order valence-corrected chi connectivity index (χ1v) is 15.9. The lowest BCUT2D eigenvalue weighted by Gasteiger charge is -2.31. The zero-order valence-electron chi connectivity index (χ0n) is 24.5. The molecule has 5 aromatic rings. The number of aromatic carboxylic acids is 1. The Morgan fingerprint density at radius 3 is 2.73 bits per heavy atom. The molecule has 2 aliphatic rings. The summed E-state index contributed by atoms with van der Waals surface area (Å²) in [5.74, 6) is -0.139. The van der Waals surface area contributed by atoms with Gasteiger partial charge in [0.1, 0.15) is 16.2 Å². The number of pyridine rings is 2. The van der Waals surface area contributed by atoms with Crippen molar-refractivity contribution >= 4 is 44.5 Å². The van der Waals surface area contributed by atoms with E-state index in [1.54, 1.807) is 12.4 Å². The van der Waals surface area contributed by atoms with Crippen molar-refractivity contribution in [1.29, 1.82) is 0 Å². The SMILES string of the molecule is Cc1c(-c2ccc(N3CCc4cccc(C(=O)Nc5nc6cccnc6s5)c4C3)nc2C(=O)O)cnn1CC1CCCCC1. The van der Waals surface area contributed by atoms with Crippen LogP contribution in [0, 0.1) is 12.8 Å². The maximum atomic E-state index is 13.4. The van der Waals surface area contributed by atoms with E-state index in [2.05, 4.69) is 25.4 Å². The van der Waals surface area contributed by atoms with Crippen LogP contribution < -0.4 is 10.2 Å². The van der Waals surface area contributed by atoms with Crippen LogP contribution >= 0.6 is 11.3 Å². The number of nitrogens with zero attached hydrogens (tertiary/aromatic N) is 6. The highest BCUT2D eigenvalue weighted by Gasteiger charge is 2.26. The first-order valence-electron chi connectivity index (χ1n) is 15.1. The molecule has 0 saturated heterocycles. The van der Waals surface area contributed by atoms with Crippen LogP contribution in [0.3, 0.4) is 0 Å².